The minimum Gasteiger partial charge on any atom is -0.354 e. The molecule has 0 fully saturated rings. The molecule has 0 heterocycles. The smallest absolute Gasteiger partial charge is 0.244 e. The van der Waals surface area contributed by atoms with Gasteiger partial charge in [0.1, 0.15) is 12.6 Å². The topological polar surface area (TPSA) is 86.8 Å². The Balaban J connectivity index is 2.02. The predicted molar refractivity (Wildman–Crippen MR) is 165 cm³/mol. The van der Waals surface area contributed by atoms with E-state index in [2.05, 4.69) is 27.9 Å². The number of hydrogen-bond donors (Lipinski definition) is 1. The molecule has 3 rings (SSSR count). The molecule has 39 heavy (non-hydrogen) atoms. The van der Waals surface area contributed by atoms with Crippen LogP contribution in [0.15, 0.2) is 78.9 Å². The first-order valence-corrected chi connectivity index (χ1v) is 16.0. The lowest BCUT2D eigenvalue weighted by Crippen LogP contribution is -2.53. The molecule has 1 atom stereocenters. The number of unbranched alkanes of at least 4 members (excludes halogenated alkanes) is 1. The summed E-state index contributed by atoms with van der Waals surface area (Å²) in [5.41, 5.74) is 1.99. The Bertz CT molecular complexity index is 1350. The third-order valence-corrected chi connectivity index (χ3v) is 8.23. The van der Waals surface area contributed by atoms with Gasteiger partial charge in [0, 0.05) is 28.1 Å². The number of carbonyl (C=O) groups excluding carboxylic acids is 2. The van der Waals surface area contributed by atoms with Crippen LogP contribution in [0, 0.1) is 3.57 Å². The van der Waals surface area contributed by atoms with Crippen LogP contribution in [-0.2, 0) is 32.6 Å². The summed E-state index contributed by atoms with van der Waals surface area (Å²) in [7, 11) is -3.80. The molecule has 0 radical (unpaired) electrons. The van der Waals surface area contributed by atoms with E-state index < -0.39 is 28.5 Å². The minimum absolute atomic E-state index is 0.0857. The van der Waals surface area contributed by atoms with Crippen LogP contribution in [0.25, 0.3) is 0 Å². The number of nitrogens with one attached hydrogen (secondary N) is 1. The minimum atomic E-state index is -3.80. The van der Waals surface area contributed by atoms with E-state index in [1.165, 1.54) is 4.90 Å². The molecule has 7 nitrogen and oxygen atoms in total. The quantitative estimate of drug-likeness (QED) is 0.197. The van der Waals surface area contributed by atoms with Crippen LogP contribution in [0.2, 0.25) is 5.02 Å². The number of rotatable bonds is 13. The van der Waals surface area contributed by atoms with E-state index >= 15 is 0 Å². The van der Waals surface area contributed by atoms with E-state index in [4.69, 9.17) is 11.6 Å². The van der Waals surface area contributed by atoms with Crippen molar-refractivity contribution >= 4 is 61.7 Å². The number of nitrogens with zero attached hydrogens (tertiary/aromatic N) is 2. The molecular weight excluding hydrogens is 649 g/mol. The molecule has 1 N–H and O–H groups in total. The van der Waals surface area contributed by atoms with Gasteiger partial charge >= 0.3 is 0 Å². The van der Waals surface area contributed by atoms with Crippen molar-refractivity contribution in [2.45, 2.75) is 38.8 Å². The van der Waals surface area contributed by atoms with Gasteiger partial charge in [0.25, 0.3) is 0 Å². The number of amides is 2. The first-order valence-electron chi connectivity index (χ1n) is 12.7. The SMILES string of the molecule is CCCCNC(=O)C(Cc1ccccc1)N(Cc1cccc(Cl)c1)C(=O)CN(c1ccc(I)cc1)S(C)(=O)=O. The number of halogens is 2. The molecule has 1 unspecified atom stereocenters. The normalized spacial score (nSPS) is 12.0. The Morgan fingerprint density at radius 2 is 1.64 bits per heavy atom. The summed E-state index contributed by atoms with van der Waals surface area (Å²) in [5.74, 6) is -0.784. The molecule has 0 spiro atoms. The van der Waals surface area contributed by atoms with Crippen molar-refractivity contribution in [3.05, 3.63) is 98.6 Å². The molecule has 0 aliphatic heterocycles. The zero-order valence-electron chi connectivity index (χ0n) is 22.0. The fraction of sp³-hybridized carbons (Fsp3) is 0.310. The lowest BCUT2D eigenvalue weighted by Gasteiger charge is -2.33. The number of carbonyl (C=O) groups is 2. The van der Waals surface area contributed by atoms with Crippen LogP contribution in [0.4, 0.5) is 5.69 Å². The molecule has 0 aliphatic rings. The largest absolute Gasteiger partial charge is 0.354 e. The number of sulfonamides is 1. The summed E-state index contributed by atoms with van der Waals surface area (Å²) in [4.78, 5) is 29.0. The summed E-state index contributed by atoms with van der Waals surface area (Å²) in [6.45, 7) is 2.15. The van der Waals surface area contributed by atoms with Crippen LogP contribution in [0.1, 0.15) is 30.9 Å². The molecule has 3 aromatic rings. The van der Waals surface area contributed by atoms with E-state index in [-0.39, 0.29) is 18.9 Å². The predicted octanol–water partition coefficient (Wildman–Crippen LogP) is 5.27. The molecule has 0 saturated carbocycles. The molecule has 208 valence electrons. The maximum absolute atomic E-state index is 14.0. The van der Waals surface area contributed by atoms with Crippen molar-refractivity contribution in [3.8, 4) is 0 Å². The second kappa shape index (κ2) is 14.7. The average molecular weight is 682 g/mol. The van der Waals surface area contributed by atoms with Gasteiger partial charge in [-0.25, -0.2) is 8.42 Å². The standard InChI is InChI=1S/C29H33ClIN3O4S/c1-3-4-17-32-29(36)27(19-22-9-6-5-7-10-22)33(20-23-11-8-12-24(30)18-23)28(35)21-34(39(2,37)38)26-15-13-25(31)14-16-26/h5-16,18,27H,3-4,17,19-21H2,1-2H3,(H,32,36). The third-order valence-electron chi connectivity index (χ3n) is 6.14. The van der Waals surface area contributed by atoms with Gasteiger partial charge in [-0.1, -0.05) is 67.4 Å². The van der Waals surface area contributed by atoms with Gasteiger partial charge in [-0.15, -0.1) is 0 Å². The maximum Gasteiger partial charge on any atom is 0.244 e. The number of benzene rings is 3. The van der Waals surface area contributed by atoms with Crippen molar-refractivity contribution in [1.29, 1.82) is 0 Å². The summed E-state index contributed by atoms with van der Waals surface area (Å²) in [6.07, 6.45) is 3.06. The molecule has 0 bridgehead atoms. The van der Waals surface area contributed by atoms with Gasteiger partial charge in [0.15, 0.2) is 0 Å². The second-order valence-corrected chi connectivity index (χ2v) is 12.8. The van der Waals surface area contributed by atoms with Gasteiger partial charge in [0.05, 0.1) is 11.9 Å². The van der Waals surface area contributed by atoms with Crippen LogP contribution < -0.4 is 9.62 Å². The highest BCUT2D eigenvalue weighted by Gasteiger charge is 2.33. The first-order chi connectivity index (χ1) is 18.6. The Morgan fingerprint density at radius 1 is 0.974 bits per heavy atom. The number of anilines is 1. The van der Waals surface area contributed by atoms with Gasteiger partial charge in [0.2, 0.25) is 21.8 Å². The van der Waals surface area contributed by atoms with E-state index in [1.807, 2.05) is 43.3 Å². The zero-order chi connectivity index (χ0) is 28.4. The highest BCUT2D eigenvalue weighted by atomic mass is 127. The Morgan fingerprint density at radius 3 is 2.26 bits per heavy atom. The third kappa shape index (κ3) is 9.51. The van der Waals surface area contributed by atoms with Crippen molar-refractivity contribution in [2.75, 3.05) is 23.7 Å². The summed E-state index contributed by atoms with van der Waals surface area (Å²) in [6, 6.07) is 22.6. The lowest BCUT2D eigenvalue weighted by atomic mass is 10.0. The average Bonchev–Trinajstić information content (AvgIpc) is 2.90. The van der Waals surface area contributed by atoms with Gasteiger partial charge in [-0.05, 0) is 76.5 Å². The van der Waals surface area contributed by atoms with Gasteiger partial charge in [-0.3, -0.25) is 13.9 Å². The highest BCUT2D eigenvalue weighted by molar-refractivity contribution is 14.1. The van der Waals surface area contributed by atoms with E-state index in [0.717, 1.165) is 38.1 Å². The summed E-state index contributed by atoms with van der Waals surface area (Å²) < 4.78 is 27.6. The molecule has 10 heteroatoms. The second-order valence-electron chi connectivity index (χ2n) is 9.25. The van der Waals surface area contributed by atoms with Crippen LogP contribution in [0.3, 0.4) is 0 Å². The van der Waals surface area contributed by atoms with Gasteiger partial charge < -0.3 is 10.2 Å². The number of hydrogen-bond acceptors (Lipinski definition) is 4. The van der Waals surface area contributed by atoms with Crippen LogP contribution >= 0.6 is 34.2 Å². The van der Waals surface area contributed by atoms with Crippen molar-refractivity contribution in [3.63, 3.8) is 0 Å². The van der Waals surface area contributed by atoms with Crippen LogP contribution in [-0.4, -0.2) is 50.5 Å². The van der Waals surface area contributed by atoms with Crippen molar-refractivity contribution in [1.82, 2.24) is 10.2 Å². The van der Waals surface area contributed by atoms with Crippen LogP contribution in [0.5, 0.6) is 0 Å². The highest BCUT2D eigenvalue weighted by Crippen LogP contribution is 2.22. The van der Waals surface area contributed by atoms with Crippen molar-refractivity contribution < 1.29 is 18.0 Å². The molecule has 0 aromatic heterocycles. The molecular formula is C29H33ClIN3O4S. The molecule has 0 aliphatic carbocycles. The molecule has 2 amide bonds. The van der Waals surface area contributed by atoms with Gasteiger partial charge in [-0.2, -0.15) is 0 Å². The fourth-order valence-electron chi connectivity index (χ4n) is 4.11. The molecule has 0 saturated heterocycles. The lowest BCUT2D eigenvalue weighted by molar-refractivity contribution is -0.140. The first kappa shape index (κ1) is 30.9. The van der Waals surface area contributed by atoms with E-state index in [9.17, 15) is 18.0 Å². The fourth-order valence-corrected chi connectivity index (χ4v) is 5.54. The Kier molecular flexibility index (Phi) is 11.6. The van der Waals surface area contributed by atoms with E-state index in [0.29, 0.717) is 17.3 Å². The zero-order valence-corrected chi connectivity index (χ0v) is 25.7. The monoisotopic (exact) mass is 681 g/mol. The maximum atomic E-state index is 14.0. The summed E-state index contributed by atoms with van der Waals surface area (Å²) in [5, 5.41) is 3.47. The Labute approximate surface area is 249 Å². The van der Waals surface area contributed by atoms with E-state index in [1.54, 1.807) is 42.5 Å². The molecule has 3 aromatic carbocycles. The summed E-state index contributed by atoms with van der Waals surface area (Å²) >= 11 is 8.36. The Hall–Kier alpha value is -2.63. The van der Waals surface area contributed by atoms with Crippen molar-refractivity contribution in [2.24, 2.45) is 0 Å².